The molecule has 172 valence electrons. The van der Waals surface area contributed by atoms with E-state index in [0.717, 1.165) is 24.3 Å². The number of allylic oxidation sites excluding steroid dienone is 2. The summed E-state index contributed by atoms with van der Waals surface area (Å²) < 4.78 is 5.50. The summed E-state index contributed by atoms with van der Waals surface area (Å²) in [6.45, 7) is 4.48. The highest BCUT2D eigenvalue weighted by Crippen LogP contribution is 2.33. The van der Waals surface area contributed by atoms with Gasteiger partial charge in [0.25, 0.3) is 0 Å². The van der Waals surface area contributed by atoms with E-state index in [9.17, 15) is 4.79 Å². The molecule has 0 saturated carbocycles. The summed E-state index contributed by atoms with van der Waals surface area (Å²) in [5.74, 6) is 1.39. The Balaban J connectivity index is 1.50. The van der Waals surface area contributed by atoms with Crippen LogP contribution >= 0.6 is 0 Å². The fourth-order valence-corrected chi connectivity index (χ4v) is 4.55. The zero-order valence-electron chi connectivity index (χ0n) is 20.1. The normalized spacial score (nSPS) is 15.9. The highest BCUT2D eigenvalue weighted by atomic mass is 16.5. The molecule has 0 aromatic heterocycles. The number of unbranched alkanes of at least 4 members (excludes halogenated alkanes) is 5. The van der Waals surface area contributed by atoms with Crippen LogP contribution in [0, 0.1) is 5.92 Å². The fraction of sp³-hybridized carbons (Fsp3) is 0.500. The average Bonchev–Trinajstić information content (AvgIpc) is 2.83. The van der Waals surface area contributed by atoms with Gasteiger partial charge in [0, 0.05) is 6.42 Å². The Kier molecular flexibility index (Phi) is 10.1. The zero-order valence-corrected chi connectivity index (χ0v) is 20.1. The summed E-state index contributed by atoms with van der Waals surface area (Å²) in [4.78, 5) is 12.0. The van der Waals surface area contributed by atoms with Crippen molar-refractivity contribution in [2.75, 3.05) is 0 Å². The van der Waals surface area contributed by atoms with Gasteiger partial charge < -0.3 is 4.74 Å². The highest BCUT2D eigenvalue weighted by molar-refractivity contribution is 5.74. The van der Waals surface area contributed by atoms with Crippen molar-refractivity contribution in [3.05, 3.63) is 60.2 Å². The van der Waals surface area contributed by atoms with Gasteiger partial charge in [-0.2, -0.15) is 0 Å². The lowest BCUT2D eigenvalue weighted by molar-refractivity contribution is -0.134. The van der Waals surface area contributed by atoms with Crippen LogP contribution < -0.4 is 4.74 Å². The molecule has 32 heavy (non-hydrogen) atoms. The summed E-state index contributed by atoms with van der Waals surface area (Å²) in [5.41, 5.74) is 5.20. The molecule has 0 aliphatic heterocycles. The number of hydrogen-bond acceptors (Lipinski definition) is 2. The first-order valence-corrected chi connectivity index (χ1v) is 12.8. The van der Waals surface area contributed by atoms with Crippen molar-refractivity contribution in [3.8, 4) is 16.9 Å². The van der Waals surface area contributed by atoms with Crippen LogP contribution in [0.1, 0.15) is 96.5 Å². The number of esters is 1. The van der Waals surface area contributed by atoms with Crippen LogP contribution in [-0.2, 0) is 4.79 Å². The molecule has 1 unspecified atom stereocenters. The van der Waals surface area contributed by atoms with Crippen LogP contribution in [0.5, 0.6) is 5.75 Å². The molecule has 3 rings (SSSR count). The van der Waals surface area contributed by atoms with Crippen LogP contribution in [0.15, 0.2) is 54.6 Å². The van der Waals surface area contributed by atoms with Crippen molar-refractivity contribution < 1.29 is 9.53 Å². The Bertz CT molecular complexity index is 845. The van der Waals surface area contributed by atoms with Gasteiger partial charge in [0.05, 0.1) is 0 Å². The first-order chi connectivity index (χ1) is 15.7. The average molecular weight is 433 g/mol. The lowest BCUT2D eigenvalue weighted by Gasteiger charge is -2.22. The minimum atomic E-state index is -0.128. The third-order valence-electron chi connectivity index (χ3n) is 6.64. The van der Waals surface area contributed by atoms with Gasteiger partial charge >= 0.3 is 5.97 Å². The number of carbonyl (C=O) groups excluding carboxylic acids is 1. The Morgan fingerprint density at radius 1 is 0.812 bits per heavy atom. The largest absolute Gasteiger partial charge is 0.427 e. The van der Waals surface area contributed by atoms with E-state index in [-0.39, 0.29) is 5.97 Å². The number of hydrogen-bond donors (Lipinski definition) is 0. The van der Waals surface area contributed by atoms with Gasteiger partial charge in [-0.15, -0.1) is 0 Å². The molecule has 0 bridgehead atoms. The van der Waals surface area contributed by atoms with E-state index in [1.165, 1.54) is 74.5 Å². The first-order valence-electron chi connectivity index (χ1n) is 12.8. The van der Waals surface area contributed by atoms with E-state index < -0.39 is 0 Å². The number of benzene rings is 2. The number of rotatable bonds is 12. The van der Waals surface area contributed by atoms with Gasteiger partial charge in [0.1, 0.15) is 5.75 Å². The smallest absolute Gasteiger partial charge is 0.311 e. The monoisotopic (exact) mass is 432 g/mol. The summed E-state index contributed by atoms with van der Waals surface area (Å²) in [6.07, 6.45) is 16.5. The molecule has 0 spiro atoms. The van der Waals surface area contributed by atoms with E-state index in [1.807, 2.05) is 24.3 Å². The second-order valence-electron chi connectivity index (χ2n) is 9.25. The predicted molar refractivity (Wildman–Crippen MR) is 136 cm³/mol. The maximum atomic E-state index is 12.0. The lowest BCUT2D eigenvalue weighted by Crippen LogP contribution is -2.07. The molecular formula is C30H40O2. The van der Waals surface area contributed by atoms with Crippen LogP contribution in [0.2, 0.25) is 0 Å². The minimum Gasteiger partial charge on any atom is -0.427 e. The second kappa shape index (κ2) is 13.3. The van der Waals surface area contributed by atoms with Crippen molar-refractivity contribution in [2.24, 2.45) is 5.92 Å². The molecule has 0 fully saturated rings. The summed E-state index contributed by atoms with van der Waals surface area (Å²) in [6, 6.07) is 16.8. The van der Waals surface area contributed by atoms with Crippen molar-refractivity contribution in [1.29, 1.82) is 0 Å². The highest BCUT2D eigenvalue weighted by Gasteiger charge is 2.15. The van der Waals surface area contributed by atoms with Crippen LogP contribution in [0.4, 0.5) is 0 Å². The summed E-state index contributed by atoms with van der Waals surface area (Å²) in [5, 5.41) is 0. The molecule has 1 atom stereocenters. The van der Waals surface area contributed by atoms with Gasteiger partial charge in [-0.1, -0.05) is 101 Å². The standard InChI is InChI=1S/C30H40O2/c1-3-5-7-8-9-11-30(31)32-29-22-20-28(21-23-29)27-18-16-26(17-19-27)25-14-12-24(13-15-25)10-6-4-2/h14,16-24H,3-13,15H2,1-2H3. The molecule has 2 nitrogen and oxygen atoms in total. The first kappa shape index (κ1) is 24.3. The molecule has 0 heterocycles. The van der Waals surface area contributed by atoms with Crippen LogP contribution in [-0.4, -0.2) is 5.97 Å². The molecule has 0 saturated heterocycles. The molecule has 1 aliphatic rings. The molecule has 1 aliphatic carbocycles. The third kappa shape index (κ3) is 7.65. The quantitative estimate of drug-likeness (QED) is 0.190. The molecule has 0 N–H and O–H groups in total. The third-order valence-corrected chi connectivity index (χ3v) is 6.64. The van der Waals surface area contributed by atoms with Crippen molar-refractivity contribution >= 4 is 11.5 Å². The molecule has 0 amide bonds. The molecule has 2 aromatic rings. The van der Waals surface area contributed by atoms with Crippen molar-refractivity contribution in [3.63, 3.8) is 0 Å². The van der Waals surface area contributed by atoms with E-state index in [2.05, 4.69) is 44.2 Å². The van der Waals surface area contributed by atoms with E-state index in [1.54, 1.807) is 0 Å². The van der Waals surface area contributed by atoms with E-state index >= 15 is 0 Å². The summed E-state index contributed by atoms with van der Waals surface area (Å²) >= 11 is 0. The molecule has 2 heteroatoms. The van der Waals surface area contributed by atoms with E-state index in [0.29, 0.717) is 12.2 Å². The molecule has 2 aromatic carbocycles. The van der Waals surface area contributed by atoms with Gasteiger partial charge in [-0.25, -0.2) is 0 Å². The van der Waals surface area contributed by atoms with Gasteiger partial charge in [-0.3, -0.25) is 4.79 Å². The van der Waals surface area contributed by atoms with Gasteiger partial charge in [0.15, 0.2) is 0 Å². The number of carbonyl (C=O) groups is 1. The minimum absolute atomic E-state index is 0.128. The van der Waals surface area contributed by atoms with Crippen LogP contribution in [0.3, 0.4) is 0 Å². The maximum Gasteiger partial charge on any atom is 0.311 e. The van der Waals surface area contributed by atoms with Crippen molar-refractivity contribution in [1.82, 2.24) is 0 Å². The maximum absolute atomic E-state index is 12.0. The molecular weight excluding hydrogens is 392 g/mol. The topological polar surface area (TPSA) is 26.3 Å². The van der Waals surface area contributed by atoms with Gasteiger partial charge in [-0.05, 0) is 66.0 Å². The Morgan fingerprint density at radius 2 is 1.44 bits per heavy atom. The fourth-order valence-electron chi connectivity index (χ4n) is 4.55. The zero-order chi connectivity index (χ0) is 22.6. The predicted octanol–water partition coefficient (Wildman–Crippen LogP) is 8.99. The lowest BCUT2D eigenvalue weighted by atomic mass is 9.84. The SMILES string of the molecule is CCCCCCCC(=O)Oc1ccc(-c2ccc(C3=CCC(CCCC)CC3)cc2)cc1. The number of ether oxygens (including phenoxy) is 1. The summed E-state index contributed by atoms with van der Waals surface area (Å²) in [7, 11) is 0. The Morgan fingerprint density at radius 3 is 2.06 bits per heavy atom. The Hall–Kier alpha value is -2.35. The second-order valence-corrected chi connectivity index (χ2v) is 9.25. The Labute approximate surface area is 195 Å². The van der Waals surface area contributed by atoms with Crippen molar-refractivity contribution in [2.45, 2.75) is 90.9 Å². The van der Waals surface area contributed by atoms with Crippen LogP contribution in [0.25, 0.3) is 16.7 Å². The van der Waals surface area contributed by atoms with Gasteiger partial charge in [0.2, 0.25) is 0 Å². The molecule has 0 radical (unpaired) electrons. The van der Waals surface area contributed by atoms with E-state index in [4.69, 9.17) is 4.74 Å².